The highest BCUT2D eigenvalue weighted by Gasteiger charge is 2.16. The third-order valence-electron chi connectivity index (χ3n) is 2.48. The second-order valence-corrected chi connectivity index (χ2v) is 4.74. The zero-order valence-electron chi connectivity index (χ0n) is 10.5. The lowest BCUT2D eigenvalue weighted by Crippen LogP contribution is -2.32. The number of aromatic nitrogens is 2. The van der Waals surface area contributed by atoms with Gasteiger partial charge in [-0.3, -0.25) is 4.79 Å². The molecule has 0 fully saturated rings. The second kappa shape index (κ2) is 5.83. The highest BCUT2D eigenvalue weighted by atomic mass is 32.1. The van der Waals surface area contributed by atoms with Crippen LogP contribution in [0.3, 0.4) is 0 Å². The molecular weight excluding hydrogens is 287 g/mol. The Morgan fingerprint density at radius 2 is 1.95 bits per heavy atom. The number of hydrogen-bond acceptors (Lipinski definition) is 5. The summed E-state index contributed by atoms with van der Waals surface area (Å²) in [6.45, 7) is 1.68. The van der Waals surface area contributed by atoms with Crippen molar-refractivity contribution in [1.82, 2.24) is 8.52 Å². The number of rotatable bonds is 3. The van der Waals surface area contributed by atoms with Gasteiger partial charge >= 0.3 is 16.7 Å². The number of halogens is 1. The molecule has 0 aliphatic heterocycles. The summed E-state index contributed by atoms with van der Waals surface area (Å²) in [6, 6.07) is 5.40. The molecule has 0 unspecified atom stereocenters. The Labute approximate surface area is 116 Å². The molecule has 0 bridgehead atoms. The molecule has 1 aromatic carbocycles. The van der Waals surface area contributed by atoms with Gasteiger partial charge in [-0.15, -0.1) is 3.96 Å². The first-order chi connectivity index (χ1) is 9.52. The summed E-state index contributed by atoms with van der Waals surface area (Å²) >= 11 is 0.474. The molecule has 20 heavy (non-hydrogen) atoms. The molecule has 0 aliphatic rings. The van der Waals surface area contributed by atoms with Crippen LogP contribution in [0, 0.1) is 5.82 Å². The summed E-state index contributed by atoms with van der Waals surface area (Å²) < 4.78 is 19.0. The van der Waals surface area contributed by atoms with E-state index in [4.69, 9.17) is 0 Å². The maximum atomic E-state index is 12.8. The Hall–Kier alpha value is -2.22. The van der Waals surface area contributed by atoms with Crippen molar-refractivity contribution < 1.29 is 13.9 Å². The molecular formula is C12H11FN2O4S. The molecule has 8 heteroatoms. The van der Waals surface area contributed by atoms with Gasteiger partial charge in [0.25, 0.3) is 0 Å². The van der Waals surface area contributed by atoms with Crippen LogP contribution in [0.5, 0.6) is 0 Å². The predicted octanol–water partition coefficient (Wildman–Crippen LogP) is 1.26. The molecule has 0 amide bonds. The van der Waals surface area contributed by atoms with Gasteiger partial charge in [-0.05, 0) is 24.6 Å². The van der Waals surface area contributed by atoms with Crippen molar-refractivity contribution in [2.24, 2.45) is 0 Å². The van der Waals surface area contributed by atoms with Crippen LogP contribution in [-0.4, -0.2) is 21.2 Å². The molecule has 6 nitrogen and oxygen atoms in total. The molecule has 0 saturated heterocycles. The van der Waals surface area contributed by atoms with Gasteiger partial charge in [0, 0.05) is 11.5 Å². The Morgan fingerprint density at radius 1 is 1.30 bits per heavy atom. The summed E-state index contributed by atoms with van der Waals surface area (Å²) in [7, 11) is 0. The topological polar surface area (TPSA) is 70.3 Å². The second-order valence-electron chi connectivity index (χ2n) is 3.85. The van der Waals surface area contributed by atoms with E-state index in [-0.39, 0.29) is 13.2 Å². The fraction of sp³-hybridized carbons (Fsp3) is 0.250. The van der Waals surface area contributed by atoms with Crippen molar-refractivity contribution >= 4 is 17.6 Å². The maximum Gasteiger partial charge on any atom is 0.432 e. The number of carbonyl (C=O) groups excluding carboxylic acids is 1. The number of nitrogens with zero attached hydrogens (tertiary/aromatic N) is 2. The van der Waals surface area contributed by atoms with Crippen LogP contribution in [-0.2, 0) is 11.3 Å². The number of benzene rings is 1. The summed E-state index contributed by atoms with van der Waals surface area (Å²) in [6.07, 6.45) is -0.877. The monoisotopic (exact) mass is 298 g/mol. The van der Waals surface area contributed by atoms with E-state index in [9.17, 15) is 18.8 Å². The molecule has 2 rings (SSSR count). The van der Waals surface area contributed by atoms with E-state index in [1.807, 2.05) is 0 Å². The minimum Gasteiger partial charge on any atom is -0.449 e. The van der Waals surface area contributed by atoms with E-state index in [1.54, 1.807) is 6.92 Å². The van der Waals surface area contributed by atoms with Crippen LogP contribution in [0.25, 0.3) is 0 Å². The molecule has 0 spiro atoms. The lowest BCUT2D eigenvalue weighted by Gasteiger charge is -2.01. The lowest BCUT2D eigenvalue weighted by atomic mass is 10.2. The first kappa shape index (κ1) is 14.2. The van der Waals surface area contributed by atoms with E-state index in [0.29, 0.717) is 21.1 Å². The van der Waals surface area contributed by atoms with Crippen molar-refractivity contribution in [3.8, 4) is 0 Å². The van der Waals surface area contributed by atoms with Crippen LogP contribution in [0.1, 0.15) is 12.5 Å². The first-order valence-electron chi connectivity index (χ1n) is 5.77. The van der Waals surface area contributed by atoms with E-state index in [2.05, 4.69) is 4.74 Å². The summed E-state index contributed by atoms with van der Waals surface area (Å²) in [4.78, 5) is 34.6. The SMILES string of the molecule is CCOC(=O)n1sc(=O)n(Cc2ccc(F)cc2)c1=O. The standard InChI is InChI=1S/C12H11FN2O4S/c1-2-19-11(17)15-10(16)14(12(18)20-15)7-8-3-5-9(13)6-4-8/h3-6H,2,7H2,1H3. The van der Waals surface area contributed by atoms with Crippen molar-refractivity contribution in [1.29, 1.82) is 0 Å². The minimum absolute atomic E-state index is 0.0269. The molecule has 1 aromatic heterocycles. The summed E-state index contributed by atoms with van der Waals surface area (Å²) in [5, 5.41) is 0. The third-order valence-corrected chi connectivity index (χ3v) is 3.35. The highest BCUT2D eigenvalue weighted by molar-refractivity contribution is 7.04. The van der Waals surface area contributed by atoms with Crippen molar-refractivity contribution in [3.05, 3.63) is 55.8 Å². The Bertz CT molecular complexity index is 729. The van der Waals surface area contributed by atoms with Crippen LogP contribution in [0.15, 0.2) is 33.9 Å². The number of hydrogen-bond donors (Lipinski definition) is 0. The average Bonchev–Trinajstić information content (AvgIpc) is 2.69. The van der Waals surface area contributed by atoms with E-state index in [0.717, 1.165) is 4.57 Å². The van der Waals surface area contributed by atoms with Gasteiger partial charge < -0.3 is 4.74 Å². The predicted molar refractivity (Wildman–Crippen MR) is 70.8 cm³/mol. The largest absolute Gasteiger partial charge is 0.449 e. The fourth-order valence-electron chi connectivity index (χ4n) is 1.56. The molecule has 0 atom stereocenters. The summed E-state index contributed by atoms with van der Waals surface area (Å²) in [5.41, 5.74) is -0.179. The van der Waals surface area contributed by atoms with Gasteiger partial charge in [0.15, 0.2) is 0 Å². The molecule has 1 heterocycles. The Kier molecular flexibility index (Phi) is 4.14. The molecule has 2 aromatic rings. The molecule has 0 saturated carbocycles. The minimum atomic E-state index is -0.877. The maximum absolute atomic E-state index is 12.8. The average molecular weight is 298 g/mol. The molecule has 0 radical (unpaired) electrons. The quantitative estimate of drug-likeness (QED) is 0.855. The van der Waals surface area contributed by atoms with Crippen LogP contribution in [0.2, 0.25) is 0 Å². The number of carbonyl (C=O) groups is 1. The van der Waals surface area contributed by atoms with E-state index < -0.39 is 22.5 Å². The highest BCUT2D eigenvalue weighted by Crippen LogP contribution is 2.03. The summed E-state index contributed by atoms with van der Waals surface area (Å²) in [5.74, 6) is -0.407. The zero-order valence-corrected chi connectivity index (χ0v) is 11.4. The van der Waals surface area contributed by atoms with Gasteiger partial charge in [-0.2, -0.15) is 0 Å². The van der Waals surface area contributed by atoms with Gasteiger partial charge in [0.1, 0.15) is 5.82 Å². The molecule has 0 aliphatic carbocycles. The lowest BCUT2D eigenvalue weighted by molar-refractivity contribution is 0.155. The van der Waals surface area contributed by atoms with Crippen LogP contribution < -0.4 is 10.6 Å². The van der Waals surface area contributed by atoms with E-state index in [1.165, 1.54) is 24.3 Å². The molecule has 0 N–H and O–H groups in total. The van der Waals surface area contributed by atoms with Crippen LogP contribution >= 0.6 is 11.5 Å². The normalized spacial score (nSPS) is 10.5. The van der Waals surface area contributed by atoms with Crippen molar-refractivity contribution in [2.75, 3.05) is 6.61 Å². The fourth-order valence-corrected chi connectivity index (χ4v) is 2.26. The Balaban J connectivity index is 2.34. The number of ether oxygens (including phenoxy) is 1. The van der Waals surface area contributed by atoms with Gasteiger partial charge in [-0.25, -0.2) is 18.5 Å². The van der Waals surface area contributed by atoms with Crippen molar-refractivity contribution in [2.45, 2.75) is 13.5 Å². The first-order valence-corrected chi connectivity index (χ1v) is 6.55. The third kappa shape index (κ3) is 2.85. The van der Waals surface area contributed by atoms with E-state index >= 15 is 0 Å². The van der Waals surface area contributed by atoms with Crippen molar-refractivity contribution in [3.63, 3.8) is 0 Å². The van der Waals surface area contributed by atoms with Crippen LogP contribution in [0.4, 0.5) is 9.18 Å². The van der Waals surface area contributed by atoms with Gasteiger partial charge in [-0.1, -0.05) is 12.1 Å². The Morgan fingerprint density at radius 3 is 2.55 bits per heavy atom. The molecule has 106 valence electrons. The zero-order chi connectivity index (χ0) is 14.7. The van der Waals surface area contributed by atoms with Gasteiger partial charge in [0.2, 0.25) is 0 Å². The van der Waals surface area contributed by atoms with Gasteiger partial charge in [0.05, 0.1) is 13.2 Å². The smallest absolute Gasteiger partial charge is 0.432 e.